The Morgan fingerprint density at radius 3 is 1.65 bits per heavy atom. The number of aromatic nitrogens is 1. The van der Waals surface area contributed by atoms with E-state index in [0.717, 1.165) is 45.9 Å². The summed E-state index contributed by atoms with van der Waals surface area (Å²) in [6, 6.07) is 96.2. The van der Waals surface area contributed by atoms with Crippen LogP contribution in [0.4, 0.5) is 11.4 Å². The Morgan fingerprint density at radius 2 is 0.935 bits per heavy atom. The van der Waals surface area contributed by atoms with Gasteiger partial charge in [0.25, 0.3) is 0 Å². The Balaban J connectivity index is 0.639. The van der Waals surface area contributed by atoms with Crippen molar-refractivity contribution in [2.75, 3.05) is 4.90 Å². The lowest BCUT2D eigenvalue weighted by Gasteiger charge is -2.38. The van der Waals surface area contributed by atoms with Gasteiger partial charge < -0.3 is 23.2 Å². The minimum Gasteiger partial charge on any atom is -0.456 e. The van der Waals surface area contributed by atoms with E-state index in [1.807, 2.05) is 12.1 Å². The first-order valence-electron chi connectivity index (χ1n) is 32.6. The molecular formula is C87H63N3O2. The van der Waals surface area contributed by atoms with Crippen LogP contribution in [0.2, 0.25) is 0 Å². The Labute approximate surface area is 534 Å². The first-order valence-corrected chi connectivity index (χ1v) is 32.6. The summed E-state index contributed by atoms with van der Waals surface area (Å²) in [4.78, 5) is 5.14. The van der Waals surface area contributed by atoms with Gasteiger partial charge in [0.2, 0.25) is 0 Å². The second-order valence-electron chi connectivity index (χ2n) is 25.7. The van der Waals surface area contributed by atoms with E-state index in [1.54, 1.807) is 0 Å². The van der Waals surface area contributed by atoms with Crippen LogP contribution in [-0.4, -0.2) is 21.6 Å². The maximum atomic E-state index is 6.25. The number of anilines is 2. The van der Waals surface area contributed by atoms with Crippen LogP contribution in [0.15, 0.2) is 336 Å². The van der Waals surface area contributed by atoms with Crippen LogP contribution in [0.3, 0.4) is 0 Å². The highest BCUT2D eigenvalue weighted by Gasteiger charge is 2.52. The third-order valence-corrected chi connectivity index (χ3v) is 20.7. The lowest BCUT2D eigenvalue weighted by Crippen LogP contribution is -2.36. The van der Waals surface area contributed by atoms with E-state index in [-0.39, 0.29) is 23.9 Å². The molecule has 0 spiro atoms. The molecule has 1 fully saturated rings. The van der Waals surface area contributed by atoms with Crippen molar-refractivity contribution in [1.29, 1.82) is 0 Å². The highest BCUT2D eigenvalue weighted by molar-refractivity contribution is 6.10. The number of benzene rings is 11. The summed E-state index contributed by atoms with van der Waals surface area (Å²) in [5.41, 5.74) is 24.0. The average molecular weight is 1180 g/mol. The fraction of sp³-hybridized carbons (Fsp3) is 0.103. The standard InChI is InChI=1S/C87H63N3O2/c1-3-15-64(16-4-1)89-77-23-11-7-19-69(77)73-53-63(39-47-79(73)89)87-85(86(87)60-33-29-57(30-34-60)61-40-49-83-75(51-61)71-21-9-13-25-81(71)91-83)59-31-27-55(28-32-59)56-35-42-66(43-36-56)88(67-44-37-58(38-45-67)62-41-50-84-76(52-62)72-22-10-14-26-82(72)92-84)68-46-48-80-74(54-68)70-20-8-12-24-78(70)90(80)65-17-5-2-6-18-65/h1-37,39-42,44-54,58,66,74,80,85-87H,38,43H2/t58?,66?,74?,80?,85?,86-,87?/m1/s1. The first-order chi connectivity index (χ1) is 45.6. The number of rotatable bonds is 11. The highest BCUT2D eigenvalue weighted by atomic mass is 16.3. The summed E-state index contributed by atoms with van der Waals surface area (Å²) in [6.45, 7) is 0. The molecule has 11 aromatic carbocycles. The van der Waals surface area contributed by atoms with Crippen molar-refractivity contribution in [2.24, 2.45) is 0 Å². The second kappa shape index (κ2) is 21.3. The molecular weight excluding hydrogens is 1120 g/mol. The molecule has 4 heterocycles. The summed E-state index contributed by atoms with van der Waals surface area (Å²) in [5.74, 6) is 1.38. The lowest BCUT2D eigenvalue weighted by molar-refractivity contribution is 0.374. The molecule has 5 heteroatoms. The summed E-state index contributed by atoms with van der Waals surface area (Å²) in [6.07, 6.45) is 23.8. The Hall–Kier alpha value is -11.1. The molecule has 4 aliphatic carbocycles. The van der Waals surface area contributed by atoms with Gasteiger partial charge in [0.15, 0.2) is 0 Å². The van der Waals surface area contributed by atoms with E-state index in [9.17, 15) is 0 Å². The monoisotopic (exact) mass is 1180 g/mol. The Kier molecular flexibility index (Phi) is 12.2. The van der Waals surface area contributed by atoms with E-state index in [1.165, 1.54) is 111 Å². The number of allylic oxidation sites excluding steroid dienone is 6. The van der Waals surface area contributed by atoms with Gasteiger partial charge in [-0.2, -0.15) is 0 Å². The van der Waals surface area contributed by atoms with E-state index < -0.39 is 0 Å². The van der Waals surface area contributed by atoms with Crippen molar-refractivity contribution in [1.82, 2.24) is 9.47 Å². The molecule has 0 bridgehead atoms. The quantitative estimate of drug-likeness (QED) is 0.129. The molecule has 7 atom stereocenters. The van der Waals surface area contributed by atoms with Gasteiger partial charge in [-0.3, -0.25) is 0 Å². The predicted octanol–water partition coefficient (Wildman–Crippen LogP) is 22.3. The molecule has 1 saturated carbocycles. The molecule has 3 aromatic heterocycles. The molecule has 6 unspecified atom stereocenters. The number of fused-ring (bicyclic) bond motifs is 12. The van der Waals surface area contributed by atoms with E-state index in [4.69, 9.17) is 8.83 Å². The van der Waals surface area contributed by atoms with Crippen LogP contribution in [0.5, 0.6) is 0 Å². The van der Waals surface area contributed by atoms with Crippen LogP contribution in [-0.2, 0) is 0 Å². The maximum Gasteiger partial charge on any atom is 0.135 e. The number of nitrogens with zero attached hydrogens (tertiary/aromatic N) is 3. The summed E-state index contributed by atoms with van der Waals surface area (Å²) >= 11 is 0. The zero-order valence-corrected chi connectivity index (χ0v) is 50.6. The van der Waals surface area contributed by atoms with Crippen LogP contribution < -0.4 is 4.90 Å². The number of hydrogen-bond acceptors (Lipinski definition) is 4. The fourth-order valence-corrected chi connectivity index (χ4v) is 16.3. The minimum absolute atomic E-state index is 0.111. The van der Waals surface area contributed by atoms with E-state index in [0.29, 0.717) is 17.8 Å². The van der Waals surface area contributed by atoms with Gasteiger partial charge in [-0.15, -0.1) is 0 Å². The molecule has 19 rings (SSSR count). The van der Waals surface area contributed by atoms with Crippen molar-refractivity contribution in [3.05, 3.63) is 360 Å². The topological polar surface area (TPSA) is 37.7 Å². The third kappa shape index (κ3) is 8.67. The number of para-hydroxylation sites is 6. The van der Waals surface area contributed by atoms with Gasteiger partial charge in [0.1, 0.15) is 22.3 Å². The molecule has 5 nitrogen and oxygen atoms in total. The van der Waals surface area contributed by atoms with Crippen molar-refractivity contribution in [3.63, 3.8) is 0 Å². The van der Waals surface area contributed by atoms with Gasteiger partial charge >= 0.3 is 0 Å². The van der Waals surface area contributed by atoms with Crippen molar-refractivity contribution in [2.45, 2.75) is 54.5 Å². The van der Waals surface area contributed by atoms with E-state index >= 15 is 0 Å². The summed E-state index contributed by atoms with van der Waals surface area (Å²) < 4.78 is 14.9. The molecule has 0 radical (unpaired) electrons. The SMILES string of the molecule is C1=CC(N(C2=CCC(c3ccc4oc5ccccc5c4c3)C=C2)C2=CC3c4ccccc4N(c4ccccc4)C3C=C2)CC=C1c1ccc(C2C(c3ccc4c(c3)c3ccccc3n4-c3ccccc3)[C@@H]2c2ccc(-c3ccc4oc5ccccc5c4c3)cc2)cc1. The van der Waals surface area contributed by atoms with Gasteiger partial charge in [0, 0.05) is 72.6 Å². The predicted molar refractivity (Wildman–Crippen MR) is 379 cm³/mol. The average Bonchev–Trinajstić information content (AvgIpc) is 1.58. The van der Waals surface area contributed by atoms with Crippen molar-refractivity contribution >= 4 is 82.6 Å². The summed E-state index contributed by atoms with van der Waals surface area (Å²) in [5, 5.41) is 7.22. The van der Waals surface area contributed by atoms with Crippen LogP contribution >= 0.6 is 0 Å². The van der Waals surface area contributed by atoms with Crippen molar-refractivity contribution < 1.29 is 8.83 Å². The highest BCUT2D eigenvalue weighted by Crippen LogP contribution is 2.66. The van der Waals surface area contributed by atoms with Crippen LogP contribution in [0.25, 0.3) is 88.1 Å². The van der Waals surface area contributed by atoms with Gasteiger partial charge in [-0.1, -0.05) is 218 Å². The molecule has 92 heavy (non-hydrogen) atoms. The zero-order chi connectivity index (χ0) is 60.4. The largest absolute Gasteiger partial charge is 0.456 e. The normalized spacial score (nSPS) is 20.7. The first kappa shape index (κ1) is 52.8. The van der Waals surface area contributed by atoms with Crippen LogP contribution in [0, 0.1) is 0 Å². The lowest BCUT2D eigenvalue weighted by atomic mass is 9.87. The third-order valence-electron chi connectivity index (χ3n) is 20.7. The molecule has 0 amide bonds. The van der Waals surface area contributed by atoms with Gasteiger partial charge in [-0.25, -0.2) is 0 Å². The zero-order valence-electron chi connectivity index (χ0n) is 50.6. The molecule has 14 aromatic rings. The Morgan fingerprint density at radius 1 is 0.370 bits per heavy atom. The second-order valence-corrected chi connectivity index (χ2v) is 25.7. The molecule has 5 aliphatic rings. The molecule has 438 valence electrons. The molecule has 1 aliphatic heterocycles. The Bertz CT molecular complexity index is 5460. The van der Waals surface area contributed by atoms with Crippen LogP contribution in [0.1, 0.15) is 75.8 Å². The molecule has 0 N–H and O–H groups in total. The number of hydrogen-bond donors (Lipinski definition) is 0. The fourth-order valence-electron chi connectivity index (χ4n) is 16.3. The van der Waals surface area contributed by atoms with Gasteiger partial charge in [-0.05, 0) is 178 Å². The maximum absolute atomic E-state index is 6.25. The molecule has 0 saturated heterocycles. The van der Waals surface area contributed by atoms with Crippen molar-refractivity contribution in [3.8, 4) is 16.8 Å². The van der Waals surface area contributed by atoms with E-state index in [2.05, 4.69) is 318 Å². The van der Waals surface area contributed by atoms with Gasteiger partial charge in [0.05, 0.1) is 23.1 Å². The number of furan rings is 2. The summed E-state index contributed by atoms with van der Waals surface area (Å²) in [7, 11) is 0. The minimum atomic E-state index is 0.111. The smallest absolute Gasteiger partial charge is 0.135 e.